The van der Waals surface area contributed by atoms with Gasteiger partial charge in [-0.3, -0.25) is 0 Å². The topological polar surface area (TPSA) is 20.2 Å². The maximum atomic E-state index is 9.23. The minimum absolute atomic E-state index is 0.0702. The smallest absolute Gasteiger partial charge is 0.115 e. The van der Waals surface area contributed by atoms with Crippen LogP contribution < -0.4 is 0 Å². The van der Waals surface area contributed by atoms with Crippen molar-refractivity contribution < 1.29 is 5.11 Å². The monoisotopic (exact) mass is 178 g/mol. The molecule has 1 nitrogen and oxygen atoms in total. The highest BCUT2D eigenvalue weighted by Gasteiger charge is 2.21. The highest BCUT2D eigenvalue weighted by molar-refractivity contribution is 6.32. The zero-order valence-corrected chi connectivity index (χ0v) is 7.02. The van der Waals surface area contributed by atoms with Gasteiger partial charge in [0.05, 0.1) is 10.4 Å². The summed E-state index contributed by atoms with van der Waals surface area (Å²) >= 11 is 11.4. The van der Waals surface area contributed by atoms with Gasteiger partial charge in [-0.15, -0.1) is 11.6 Å². The summed E-state index contributed by atoms with van der Waals surface area (Å²) in [5.41, 5.74) is 0. The Morgan fingerprint density at radius 2 is 2.20 bits per heavy atom. The van der Waals surface area contributed by atoms with Crippen molar-refractivity contribution in [2.45, 2.75) is 12.3 Å². The maximum absolute atomic E-state index is 9.23. The molecule has 10 heavy (non-hydrogen) atoms. The maximum Gasteiger partial charge on any atom is 0.115 e. The Kier molecular flexibility index (Phi) is 2.27. The molecule has 0 aromatic rings. The number of hydrogen-bond acceptors (Lipinski definition) is 1. The number of aliphatic hydroxyl groups is 1. The van der Waals surface area contributed by atoms with E-state index in [0.29, 0.717) is 5.03 Å². The van der Waals surface area contributed by atoms with Gasteiger partial charge in [-0.2, -0.15) is 0 Å². The predicted molar refractivity (Wildman–Crippen MR) is 43.5 cm³/mol. The number of allylic oxidation sites excluding steroid dienone is 4. The van der Waals surface area contributed by atoms with Gasteiger partial charge in [0, 0.05) is 5.92 Å². The Balaban J connectivity index is 2.88. The first kappa shape index (κ1) is 7.96. The molecule has 3 heteroatoms. The normalized spacial score (nSPS) is 33.1. The fourth-order valence-electron chi connectivity index (χ4n) is 0.797. The van der Waals surface area contributed by atoms with Crippen molar-refractivity contribution in [2.24, 2.45) is 5.92 Å². The van der Waals surface area contributed by atoms with Crippen LogP contribution in [0, 0.1) is 5.92 Å². The highest BCUT2D eigenvalue weighted by atomic mass is 35.5. The van der Waals surface area contributed by atoms with Gasteiger partial charge in [-0.05, 0) is 6.08 Å². The van der Waals surface area contributed by atoms with E-state index < -0.39 is 0 Å². The minimum Gasteiger partial charge on any atom is -0.510 e. The Labute approximate surface area is 69.9 Å². The van der Waals surface area contributed by atoms with E-state index in [0.717, 1.165) is 0 Å². The molecule has 0 spiro atoms. The Bertz CT molecular complexity index is 196. The third-order valence-corrected chi connectivity index (χ3v) is 2.42. The van der Waals surface area contributed by atoms with Crippen LogP contribution in [0.15, 0.2) is 22.9 Å². The molecule has 1 aliphatic rings. The summed E-state index contributed by atoms with van der Waals surface area (Å²) in [5, 5.41) is 9.48. The summed E-state index contributed by atoms with van der Waals surface area (Å²) in [7, 11) is 0. The molecule has 1 rings (SSSR count). The van der Waals surface area contributed by atoms with E-state index in [1.54, 1.807) is 12.2 Å². The second kappa shape index (κ2) is 2.85. The van der Waals surface area contributed by atoms with Crippen LogP contribution >= 0.6 is 23.2 Å². The predicted octanol–water partition coefficient (Wildman–Crippen LogP) is 2.81. The number of hydrogen-bond donors (Lipinski definition) is 1. The lowest BCUT2D eigenvalue weighted by Crippen LogP contribution is -2.15. The van der Waals surface area contributed by atoms with Crippen LogP contribution in [0.1, 0.15) is 6.92 Å². The molecule has 0 heterocycles. The van der Waals surface area contributed by atoms with Gasteiger partial charge in [-0.25, -0.2) is 0 Å². The molecule has 0 radical (unpaired) electrons. The summed E-state index contributed by atoms with van der Waals surface area (Å²) in [6, 6.07) is 0. The third kappa shape index (κ3) is 1.30. The number of rotatable bonds is 0. The zero-order valence-electron chi connectivity index (χ0n) is 5.51. The van der Waals surface area contributed by atoms with Crippen molar-refractivity contribution in [1.29, 1.82) is 0 Å². The fourth-order valence-corrected chi connectivity index (χ4v) is 1.23. The summed E-state index contributed by atoms with van der Waals surface area (Å²) in [5.74, 6) is 0.114. The zero-order chi connectivity index (χ0) is 7.72. The lowest BCUT2D eigenvalue weighted by Gasteiger charge is -2.18. The molecule has 0 saturated carbocycles. The summed E-state index contributed by atoms with van der Waals surface area (Å²) in [6.07, 6.45) is 3.39. The van der Waals surface area contributed by atoms with Crippen molar-refractivity contribution in [3.8, 4) is 0 Å². The van der Waals surface area contributed by atoms with Gasteiger partial charge in [0.25, 0.3) is 0 Å². The summed E-state index contributed by atoms with van der Waals surface area (Å²) in [6.45, 7) is 1.83. The Hall–Kier alpha value is -0.140. The van der Waals surface area contributed by atoms with E-state index >= 15 is 0 Å². The van der Waals surface area contributed by atoms with Crippen LogP contribution in [0.5, 0.6) is 0 Å². The average molecular weight is 179 g/mol. The van der Waals surface area contributed by atoms with Crippen molar-refractivity contribution in [1.82, 2.24) is 0 Å². The average Bonchev–Trinajstić information content (AvgIpc) is 1.93. The second-order valence-corrected chi connectivity index (χ2v) is 3.24. The first-order valence-corrected chi connectivity index (χ1v) is 3.85. The summed E-state index contributed by atoms with van der Waals surface area (Å²) in [4.78, 5) is 0. The summed E-state index contributed by atoms with van der Waals surface area (Å²) < 4.78 is 0. The molecule has 0 aliphatic heterocycles. The molecule has 0 bridgehead atoms. The fraction of sp³-hybridized carbons (Fsp3) is 0.429. The van der Waals surface area contributed by atoms with Gasteiger partial charge < -0.3 is 5.11 Å². The number of aliphatic hydroxyl groups excluding tert-OH is 1. The van der Waals surface area contributed by atoms with Crippen LogP contribution in [-0.2, 0) is 0 Å². The van der Waals surface area contributed by atoms with E-state index in [4.69, 9.17) is 23.2 Å². The van der Waals surface area contributed by atoms with E-state index in [1.165, 1.54) is 0 Å². The molecule has 0 saturated heterocycles. The first-order chi connectivity index (χ1) is 4.63. The molecule has 56 valence electrons. The van der Waals surface area contributed by atoms with Gasteiger partial charge in [0.1, 0.15) is 5.76 Å². The van der Waals surface area contributed by atoms with Crippen LogP contribution in [0.3, 0.4) is 0 Å². The van der Waals surface area contributed by atoms with Crippen LogP contribution in [0.25, 0.3) is 0 Å². The Morgan fingerprint density at radius 3 is 2.70 bits per heavy atom. The molecule has 1 aliphatic carbocycles. The molecular formula is C7H8Cl2O. The SMILES string of the molecule is CC1C(O)=C(Cl)C=CC1Cl. The van der Waals surface area contributed by atoms with Gasteiger partial charge in [-0.1, -0.05) is 24.6 Å². The number of halogens is 2. The van der Waals surface area contributed by atoms with Gasteiger partial charge in [0.15, 0.2) is 0 Å². The molecule has 0 fully saturated rings. The standard InChI is InChI=1S/C7H8Cl2O/c1-4-5(8)2-3-6(9)7(4)10/h2-5,10H,1H3. The number of alkyl halides is 1. The largest absolute Gasteiger partial charge is 0.510 e. The van der Waals surface area contributed by atoms with E-state index in [2.05, 4.69) is 0 Å². The third-order valence-electron chi connectivity index (χ3n) is 1.58. The van der Waals surface area contributed by atoms with Crippen LogP contribution in [-0.4, -0.2) is 10.5 Å². The van der Waals surface area contributed by atoms with Crippen LogP contribution in [0.4, 0.5) is 0 Å². The van der Waals surface area contributed by atoms with Crippen molar-refractivity contribution in [3.63, 3.8) is 0 Å². The Morgan fingerprint density at radius 1 is 1.60 bits per heavy atom. The van der Waals surface area contributed by atoms with E-state index in [1.807, 2.05) is 6.92 Å². The molecule has 1 N–H and O–H groups in total. The quantitative estimate of drug-likeness (QED) is 0.567. The lowest BCUT2D eigenvalue weighted by atomic mass is 10.0. The van der Waals surface area contributed by atoms with E-state index in [9.17, 15) is 5.11 Å². The van der Waals surface area contributed by atoms with Crippen molar-refractivity contribution in [3.05, 3.63) is 22.9 Å². The van der Waals surface area contributed by atoms with Crippen molar-refractivity contribution in [2.75, 3.05) is 0 Å². The molecule has 2 atom stereocenters. The van der Waals surface area contributed by atoms with Crippen LogP contribution in [0.2, 0.25) is 0 Å². The molecule has 0 aromatic carbocycles. The van der Waals surface area contributed by atoms with E-state index in [-0.39, 0.29) is 17.1 Å². The lowest BCUT2D eigenvalue weighted by molar-refractivity contribution is 0.339. The molecule has 2 unspecified atom stereocenters. The second-order valence-electron chi connectivity index (χ2n) is 2.33. The molecular weight excluding hydrogens is 171 g/mol. The van der Waals surface area contributed by atoms with Crippen molar-refractivity contribution >= 4 is 23.2 Å². The van der Waals surface area contributed by atoms with Gasteiger partial charge >= 0.3 is 0 Å². The molecule has 0 amide bonds. The highest BCUT2D eigenvalue weighted by Crippen LogP contribution is 2.28. The minimum atomic E-state index is -0.137. The molecule has 0 aromatic heterocycles. The first-order valence-electron chi connectivity index (χ1n) is 3.04. The van der Waals surface area contributed by atoms with Gasteiger partial charge in [0.2, 0.25) is 0 Å².